The Morgan fingerprint density at radius 3 is 3.00 bits per heavy atom. The minimum absolute atomic E-state index is 0.125. The lowest BCUT2D eigenvalue weighted by Gasteiger charge is -2.04. The van der Waals surface area contributed by atoms with Crippen LogP contribution in [0.4, 0.5) is 5.95 Å². The fraction of sp³-hybridized carbons (Fsp3) is 0.250. The van der Waals surface area contributed by atoms with Crippen molar-refractivity contribution < 1.29 is 9.53 Å². The molecule has 0 bridgehead atoms. The highest BCUT2D eigenvalue weighted by molar-refractivity contribution is 5.98. The third-order valence-corrected chi connectivity index (χ3v) is 3.56. The summed E-state index contributed by atoms with van der Waals surface area (Å²) in [5, 5.41) is 15.4. The van der Waals surface area contributed by atoms with Crippen LogP contribution in [0.5, 0.6) is 5.75 Å². The van der Waals surface area contributed by atoms with Crippen LogP contribution in [0, 0.1) is 11.3 Å². The van der Waals surface area contributed by atoms with Crippen LogP contribution in [-0.4, -0.2) is 32.8 Å². The molecule has 122 valence electrons. The molecule has 24 heavy (non-hydrogen) atoms. The smallest absolute Gasteiger partial charge is 0.227 e. The van der Waals surface area contributed by atoms with Crippen LogP contribution in [0.1, 0.15) is 12.8 Å². The number of imidazole rings is 1. The van der Waals surface area contributed by atoms with Gasteiger partial charge in [0.1, 0.15) is 16.8 Å². The molecule has 0 spiro atoms. The Balaban J connectivity index is 2.02. The number of nitrogens with zero attached hydrogens (tertiary/aromatic N) is 4. The van der Waals surface area contributed by atoms with Crippen LogP contribution in [0.25, 0.3) is 22.2 Å². The normalized spacial score (nSPS) is 10.5. The second-order valence-electron chi connectivity index (χ2n) is 5.23. The van der Waals surface area contributed by atoms with E-state index in [0.717, 1.165) is 11.1 Å². The molecule has 0 aliphatic heterocycles. The molecule has 8 nitrogen and oxygen atoms in total. The van der Waals surface area contributed by atoms with Gasteiger partial charge in [-0.1, -0.05) is 0 Å². The van der Waals surface area contributed by atoms with Crippen molar-refractivity contribution in [1.82, 2.24) is 19.7 Å². The molecule has 0 aliphatic rings. The number of anilines is 1. The Labute approximate surface area is 138 Å². The Morgan fingerprint density at radius 2 is 2.33 bits per heavy atom. The quantitative estimate of drug-likeness (QED) is 0.748. The number of aromatic amines is 1. The van der Waals surface area contributed by atoms with E-state index in [9.17, 15) is 4.79 Å². The number of nitrogens with one attached hydrogen (secondary N) is 2. The number of carbonyl (C=O) groups excluding carboxylic acids is 1. The van der Waals surface area contributed by atoms with Crippen LogP contribution < -0.4 is 10.1 Å². The van der Waals surface area contributed by atoms with Crippen LogP contribution in [-0.2, 0) is 11.8 Å². The maximum Gasteiger partial charge on any atom is 0.227 e. The summed E-state index contributed by atoms with van der Waals surface area (Å²) in [6.07, 6.45) is 3.93. The molecule has 0 radical (unpaired) electrons. The largest absolute Gasteiger partial charge is 0.494 e. The van der Waals surface area contributed by atoms with Gasteiger partial charge in [0.2, 0.25) is 11.9 Å². The van der Waals surface area contributed by atoms with E-state index < -0.39 is 0 Å². The monoisotopic (exact) mass is 324 g/mol. The molecular weight excluding hydrogens is 308 g/mol. The highest BCUT2D eigenvalue weighted by atomic mass is 16.5. The van der Waals surface area contributed by atoms with E-state index in [4.69, 9.17) is 10.00 Å². The molecular formula is C16H16N6O2. The van der Waals surface area contributed by atoms with Crippen LogP contribution in [0.2, 0.25) is 0 Å². The molecule has 0 fully saturated rings. The van der Waals surface area contributed by atoms with Crippen molar-refractivity contribution in [2.24, 2.45) is 7.05 Å². The van der Waals surface area contributed by atoms with Crippen molar-refractivity contribution in [3.63, 3.8) is 0 Å². The SMILES string of the molecule is COc1ccc(-c2cnn(C)c2)c2nc(NC(=O)CCC#N)[nH]c12. The number of amides is 1. The van der Waals surface area contributed by atoms with Gasteiger partial charge in [-0.15, -0.1) is 0 Å². The zero-order valence-electron chi connectivity index (χ0n) is 13.3. The molecule has 2 N–H and O–H groups in total. The summed E-state index contributed by atoms with van der Waals surface area (Å²) in [4.78, 5) is 19.3. The van der Waals surface area contributed by atoms with E-state index in [1.54, 1.807) is 18.0 Å². The van der Waals surface area contributed by atoms with Crippen molar-refractivity contribution >= 4 is 22.9 Å². The van der Waals surface area contributed by atoms with Crippen molar-refractivity contribution in [2.45, 2.75) is 12.8 Å². The van der Waals surface area contributed by atoms with Gasteiger partial charge in [0.25, 0.3) is 0 Å². The summed E-state index contributed by atoms with van der Waals surface area (Å²) in [7, 11) is 3.42. The first-order valence-electron chi connectivity index (χ1n) is 7.35. The molecule has 0 unspecified atom stereocenters. The Kier molecular flexibility index (Phi) is 4.16. The van der Waals surface area contributed by atoms with Gasteiger partial charge < -0.3 is 9.72 Å². The molecule has 0 saturated heterocycles. The summed E-state index contributed by atoms with van der Waals surface area (Å²) in [6.45, 7) is 0. The van der Waals surface area contributed by atoms with Gasteiger partial charge >= 0.3 is 0 Å². The first kappa shape index (κ1) is 15.6. The van der Waals surface area contributed by atoms with Gasteiger partial charge in [0, 0.05) is 37.2 Å². The number of hydrogen-bond acceptors (Lipinski definition) is 5. The number of aryl methyl sites for hydroxylation is 1. The average Bonchev–Trinajstić information content (AvgIpc) is 3.18. The second-order valence-corrected chi connectivity index (χ2v) is 5.23. The average molecular weight is 324 g/mol. The van der Waals surface area contributed by atoms with Gasteiger partial charge in [0.15, 0.2) is 0 Å². The Hall–Kier alpha value is -3.34. The summed E-state index contributed by atoms with van der Waals surface area (Å²) in [6, 6.07) is 5.68. The molecule has 0 atom stereocenters. The molecule has 3 rings (SSSR count). The van der Waals surface area contributed by atoms with Gasteiger partial charge in [-0.2, -0.15) is 10.4 Å². The number of benzene rings is 1. The van der Waals surface area contributed by atoms with Gasteiger partial charge in [-0.05, 0) is 12.1 Å². The maximum absolute atomic E-state index is 11.8. The van der Waals surface area contributed by atoms with Gasteiger partial charge in [-0.3, -0.25) is 14.8 Å². The number of methoxy groups -OCH3 is 1. The number of fused-ring (bicyclic) bond motifs is 1. The minimum Gasteiger partial charge on any atom is -0.494 e. The summed E-state index contributed by atoms with van der Waals surface area (Å²) in [5.41, 5.74) is 3.17. The lowest BCUT2D eigenvalue weighted by Crippen LogP contribution is -2.11. The van der Waals surface area contributed by atoms with Crippen molar-refractivity contribution in [2.75, 3.05) is 12.4 Å². The minimum atomic E-state index is -0.266. The molecule has 2 heterocycles. The van der Waals surface area contributed by atoms with Crippen LogP contribution >= 0.6 is 0 Å². The molecule has 0 saturated carbocycles. The van der Waals surface area contributed by atoms with Crippen LogP contribution in [0.15, 0.2) is 24.5 Å². The lowest BCUT2D eigenvalue weighted by atomic mass is 10.1. The van der Waals surface area contributed by atoms with E-state index in [2.05, 4.69) is 20.4 Å². The highest BCUT2D eigenvalue weighted by Crippen LogP contribution is 2.33. The zero-order chi connectivity index (χ0) is 17.1. The van der Waals surface area contributed by atoms with E-state index in [0.29, 0.717) is 22.7 Å². The third-order valence-electron chi connectivity index (χ3n) is 3.56. The third kappa shape index (κ3) is 2.92. The van der Waals surface area contributed by atoms with Crippen molar-refractivity contribution in [1.29, 1.82) is 5.26 Å². The number of aromatic nitrogens is 4. The topological polar surface area (TPSA) is 109 Å². The maximum atomic E-state index is 11.8. The van der Waals surface area contributed by atoms with Gasteiger partial charge in [-0.25, -0.2) is 4.98 Å². The molecule has 8 heteroatoms. The van der Waals surface area contributed by atoms with Crippen LogP contribution in [0.3, 0.4) is 0 Å². The summed E-state index contributed by atoms with van der Waals surface area (Å²) in [5.74, 6) is 0.683. The zero-order valence-corrected chi connectivity index (χ0v) is 13.3. The molecule has 1 amide bonds. The van der Waals surface area contributed by atoms with E-state index in [-0.39, 0.29) is 18.7 Å². The summed E-state index contributed by atoms with van der Waals surface area (Å²) >= 11 is 0. The molecule has 3 aromatic rings. The predicted molar refractivity (Wildman–Crippen MR) is 88.3 cm³/mol. The Bertz CT molecular complexity index is 934. The number of H-pyrrole nitrogens is 1. The first-order chi connectivity index (χ1) is 11.6. The first-order valence-corrected chi connectivity index (χ1v) is 7.35. The number of hydrogen-bond donors (Lipinski definition) is 2. The highest BCUT2D eigenvalue weighted by Gasteiger charge is 2.15. The number of rotatable bonds is 5. The van der Waals surface area contributed by atoms with Crippen molar-refractivity contribution in [3.05, 3.63) is 24.5 Å². The lowest BCUT2D eigenvalue weighted by molar-refractivity contribution is -0.116. The van der Waals surface area contributed by atoms with E-state index >= 15 is 0 Å². The Morgan fingerprint density at radius 1 is 1.50 bits per heavy atom. The molecule has 2 aromatic heterocycles. The second kappa shape index (κ2) is 6.42. The van der Waals surface area contributed by atoms with E-state index in [1.807, 2.05) is 31.4 Å². The van der Waals surface area contributed by atoms with Gasteiger partial charge in [0.05, 0.1) is 19.4 Å². The summed E-state index contributed by atoms with van der Waals surface area (Å²) < 4.78 is 7.07. The van der Waals surface area contributed by atoms with Crippen molar-refractivity contribution in [3.8, 4) is 22.9 Å². The number of carbonyl (C=O) groups is 1. The fourth-order valence-electron chi connectivity index (χ4n) is 2.45. The fourth-order valence-corrected chi connectivity index (χ4v) is 2.45. The standard InChI is InChI=1S/C16H16N6O2/c1-22-9-10(8-18-22)11-5-6-12(24-2)15-14(11)20-16(21-15)19-13(23)4-3-7-17/h5-6,8-9H,3-4H2,1-2H3,(H2,19,20,21,23). The number of nitriles is 1. The number of ether oxygens (including phenoxy) is 1. The molecule has 0 aliphatic carbocycles. The predicted octanol–water partition coefficient (Wildman–Crippen LogP) is 2.21. The van der Waals surface area contributed by atoms with E-state index in [1.165, 1.54) is 0 Å². The molecule has 1 aromatic carbocycles.